The highest BCUT2D eigenvalue weighted by Gasteiger charge is 2.40. The van der Waals surface area contributed by atoms with E-state index in [1.807, 2.05) is 25.4 Å². The Morgan fingerprint density at radius 1 is 1.19 bits per heavy atom. The molecule has 7 nitrogen and oxygen atoms in total. The summed E-state index contributed by atoms with van der Waals surface area (Å²) in [4.78, 5) is 9.71. The van der Waals surface area contributed by atoms with Gasteiger partial charge in [0.25, 0.3) is 0 Å². The normalized spacial score (nSPS) is 21.6. The zero-order chi connectivity index (χ0) is 21.4. The molecule has 0 amide bonds. The van der Waals surface area contributed by atoms with E-state index in [4.69, 9.17) is 9.72 Å². The predicted molar refractivity (Wildman–Crippen MR) is 120 cm³/mol. The van der Waals surface area contributed by atoms with E-state index in [0.717, 1.165) is 41.3 Å². The molecular weight excluding hydrogens is 388 g/mol. The van der Waals surface area contributed by atoms with Crippen LogP contribution in [0.25, 0.3) is 16.6 Å². The number of nitrogens with zero attached hydrogens (tertiary/aromatic N) is 6. The third-order valence-electron chi connectivity index (χ3n) is 6.69. The Labute approximate surface area is 182 Å². The molecule has 31 heavy (non-hydrogen) atoms. The van der Waals surface area contributed by atoms with Crippen LogP contribution < -0.4 is 9.64 Å². The number of likely N-dealkylation sites (tertiary alicyclic amines) is 1. The third kappa shape index (κ3) is 3.61. The Kier molecular flexibility index (Phi) is 5.03. The molecule has 3 aromatic heterocycles. The Hall–Kier alpha value is -3.11. The van der Waals surface area contributed by atoms with E-state index in [1.165, 1.54) is 32.4 Å². The molecule has 0 aliphatic carbocycles. The van der Waals surface area contributed by atoms with Crippen molar-refractivity contribution in [1.29, 1.82) is 5.26 Å². The molecule has 0 saturated carbocycles. The van der Waals surface area contributed by atoms with Gasteiger partial charge in [-0.05, 0) is 58.0 Å². The molecule has 1 spiro atoms. The van der Waals surface area contributed by atoms with Crippen molar-refractivity contribution in [1.82, 2.24) is 19.5 Å². The maximum Gasteiger partial charge on any atom is 0.138 e. The molecule has 2 aliphatic heterocycles. The van der Waals surface area contributed by atoms with Crippen molar-refractivity contribution in [2.24, 2.45) is 5.41 Å². The SMILES string of the molecule is CCOc1cc(-c2ccc(N3CCC4(CCCN(C)C4)C3)nc2)c2c(C#N)cnn2c1. The van der Waals surface area contributed by atoms with Gasteiger partial charge in [0.1, 0.15) is 17.6 Å². The molecule has 5 rings (SSSR count). The largest absolute Gasteiger partial charge is 0.492 e. The average molecular weight is 417 g/mol. The summed E-state index contributed by atoms with van der Waals surface area (Å²) in [6.07, 6.45) is 9.16. The second kappa shape index (κ2) is 7.86. The number of aromatic nitrogens is 3. The molecule has 1 atom stereocenters. The van der Waals surface area contributed by atoms with E-state index >= 15 is 0 Å². The number of pyridine rings is 2. The van der Waals surface area contributed by atoms with Crippen molar-refractivity contribution in [3.8, 4) is 22.9 Å². The van der Waals surface area contributed by atoms with Gasteiger partial charge in [0.15, 0.2) is 0 Å². The molecule has 160 valence electrons. The summed E-state index contributed by atoms with van der Waals surface area (Å²) < 4.78 is 7.44. The predicted octanol–water partition coefficient (Wildman–Crippen LogP) is 3.59. The van der Waals surface area contributed by atoms with E-state index < -0.39 is 0 Å². The highest BCUT2D eigenvalue weighted by Crippen LogP contribution is 2.40. The van der Waals surface area contributed by atoms with Gasteiger partial charge >= 0.3 is 0 Å². The number of nitriles is 1. The molecule has 2 saturated heterocycles. The number of hydrogen-bond donors (Lipinski definition) is 0. The minimum Gasteiger partial charge on any atom is -0.492 e. The number of anilines is 1. The van der Waals surface area contributed by atoms with Crippen molar-refractivity contribution < 1.29 is 4.74 Å². The number of ether oxygens (including phenoxy) is 1. The summed E-state index contributed by atoms with van der Waals surface area (Å²) >= 11 is 0. The summed E-state index contributed by atoms with van der Waals surface area (Å²) in [5, 5.41) is 13.9. The minimum atomic E-state index is 0.407. The van der Waals surface area contributed by atoms with Crippen LogP contribution in [-0.4, -0.2) is 59.3 Å². The first-order valence-electron chi connectivity index (χ1n) is 11.0. The van der Waals surface area contributed by atoms with Gasteiger partial charge in [-0.25, -0.2) is 9.50 Å². The van der Waals surface area contributed by atoms with E-state index in [2.05, 4.69) is 40.1 Å². The van der Waals surface area contributed by atoms with Gasteiger partial charge in [-0.2, -0.15) is 10.4 Å². The van der Waals surface area contributed by atoms with Crippen molar-refractivity contribution in [3.63, 3.8) is 0 Å². The van der Waals surface area contributed by atoms with Gasteiger partial charge in [0.05, 0.1) is 30.1 Å². The van der Waals surface area contributed by atoms with Gasteiger partial charge < -0.3 is 14.5 Å². The summed E-state index contributed by atoms with van der Waals surface area (Å²) in [5.41, 5.74) is 3.60. The second-order valence-electron chi connectivity index (χ2n) is 8.90. The van der Waals surface area contributed by atoms with Crippen LogP contribution in [0, 0.1) is 16.7 Å². The molecular formula is C24H28N6O. The summed E-state index contributed by atoms with van der Waals surface area (Å²) in [7, 11) is 2.24. The maximum absolute atomic E-state index is 9.54. The van der Waals surface area contributed by atoms with Crippen molar-refractivity contribution in [3.05, 3.63) is 42.4 Å². The fourth-order valence-corrected chi connectivity index (χ4v) is 5.30. The maximum atomic E-state index is 9.54. The second-order valence-corrected chi connectivity index (χ2v) is 8.90. The zero-order valence-corrected chi connectivity index (χ0v) is 18.2. The smallest absolute Gasteiger partial charge is 0.138 e. The molecule has 0 aromatic carbocycles. The zero-order valence-electron chi connectivity index (χ0n) is 18.2. The van der Waals surface area contributed by atoms with Crippen molar-refractivity contribution in [2.45, 2.75) is 26.2 Å². The highest BCUT2D eigenvalue weighted by atomic mass is 16.5. The summed E-state index contributed by atoms with van der Waals surface area (Å²) in [5.74, 6) is 1.75. The minimum absolute atomic E-state index is 0.407. The first-order valence-corrected chi connectivity index (χ1v) is 11.0. The Morgan fingerprint density at radius 3 is 2.84 bits per heavy atom. The fraction of sp³-hybridized carbons (Fsp3) is 0.458. The number of hydrogen-bond acceptors (Lipinski definition) is 6. The van der Waals surface area contributed by atoms with Crippen LogP contribution in [0.1, 0.15) is 31.7 Å². The molecule has 7 heteroatoms. The molecule has 5 heterocycles. The van der Waals surface area contributed by atoms with Gasteiger partial charge in [-0.1, -0.05) is 0 Å². The fourth-order valence-electron chi connectivity index (χ4n) is 5.30. The van der Waals surface area contributed by atoms with Crippen LogP contribution in [0.5, 0.6) is 5.75 Å². The molecule has 1 unspecified atom stereocenters. The van der Waals surface area contributed by atoms with E-state index in [0.29, 0.717) is 17.6 Å². The van der Waals surface area contributed by atoms with Crippen molar-refractivity contribution in [2.75, 3.05) is 44.7 Å². The summed E-state index contributed by atoms with van der Waals surface area (Å²) in [6.45, 7) is 7.06. The number of piperidine rings is 1. The Balaban J connectivity index is 1.45. The molecule has 0 bridgehead atoms. The summed E-state index contributed by atoms with van der Waals surface area (Å²) in [6, 6.07) is 8.42. The monoisotopic (exact) mass is 416 g/mol. The van der Waals surface area contributed by atoms with Gasteiger partial charge in [0.2, 0.25) is 0 Å². The number of fused-ring (bicyclic) bond motifs is 1. The quantitative estimate of drug-likeness (QED) is 0.647. The topological polar surface area (TPSA) is 69.7 Å². The van der Waals surface area contributed by atoms with Gasteiger partial charge in [-0.3, -0.25) is 0 Å². The van der Waals surface area contributed by atoms with Crippen LogP contribution in [0.3, 0.4) is 0 Å². The lowest BCUT2D eigenvalue weighted by molar-refractivity contribution is 0.128. The first-order chi connectivity index (χ1) is 15.1. The molecule has 0 radical (unpaired) electrons. The van der Waals surface area contributed by atoms with Crippen LogP contribution in [0.2, 0.25) is 0 Å². The van der Waals surface area contributed by atoms with Crippen LogP contribution in [-0.2, 0) is 0 Å². The van der Waals surface area contributed by atoms with Crippen LogP contribution in [0.4, 0.5) is 5.82 Å². The lowest BCUT2D eigenvalue weighted by Crippen LogP contribution is -2.43. The highest BCUT2D eigenvalue weighted by molar-refractivity contribution is 5.85. The van der Waals surface area contributed by atoms with Crippen LogP contribution in [0.15, 0.2) is 36.8 Å². The van der Waals surface area contributed by atoms with Gasteiger partial charge in [-0.15, -0.1) is 0 Å². The van der Waals surface area contributed by atoms with E-state index in [1.54, 1.807) is 10.7 Å². The van der Waals surface area contributed by atoms with E-state index in [-0.39, 0.29) is 0 Å². The van der Waals surface area contributed by atoms with Crippen molar-refractivity contribution >= 4 is 11.3 Å². The standard InChI is InChI=1S/C24H28N6O/c1-3-31-20-11-21(23-19(12-25)14-27-30(23)15-20)18-5-6-22(26-13-18)29-10-8-24(17-29)7-4-9-28(2)16-24/h5-6,11,13-15H,3-4,7-10,16-17H2,1-2H3. The lowest BCUT2D eigenvalue weighted by Gasteiger charge is -2.38. The van der Waals surface area contributed by atoms with E-state index in [9.17, 15) is 5.26 Å². The third-order valence-corrected chi connectivity index (χ3v) is 6.69. The Morgan fingerprint density at radius 2 is 2.10 bits per heavy atom. The molecule has 2 aliphatic rings. The number of rotatable bonds is 4. The molecule has 0 N–H and O–H groups in total. The molecule has 3 aromatic rings. The Bertz CT molecular complexity index is 1130. The van der Waals surface area contributed by atoms with Crippen LogP contribution >= 0.6 is 0 Å². The lowest BCUT2D eigenvalue weighted by atomic mass is 9.79. The average Bonchev–Trinajstić information content (AvgIpc) is 3.38. The first kappa shape index (κ1) is 19.8. The van der Waals surface area contributed by atoms with Gasteiger partial charge in [0, 0.05) is 42.4 Å². The molecule has 2 fully saturated rings.